The first-order chi connectivity index (χ1) is 13.0. The van der Waals surface area contributed by atoms with Crippen molar-refractivity contribution in [3.8, 4) is 5.75 Å². The van der Waals surface area contributed by atoms with Crippen molar-refractivity contribution < 1.29 is 14.3 Å². The van der Waals surface area contributed by atoms with E-state index < -0.39 is 5.91 Å². The molecule has 1 heterocycles. The van der Waals surface area contributed by atoms with Crippen molar-refractivity contribution in [2.45, 2.75) is 13.5 Å². The molecule has 8 heteroatoms. The highest BCUT2D eigenvalue weighted by Crippen LogP contribution is 2.28. The van der Waals surface area contributed by atoms with Gasteiger partial charge in [-0.15, -0.1) is 0 Å². The first-order valence-corrected chi connectivity index (χ1v) is 9.90. The average molecular weight is 425 g/mol. The molecule has 3 rings (SSSR count). The van der Waals surface area contributed by atoms with Gasteiger partial charge in [0, 0.05) is 18.7 Å². The van der Waals surface area contributed by atoms with Crippen LogP contribution in [0.1, 0.15) is 17.3 Å². The minimum Gasteiger partial charge on any atom is -0.492 e. The second kappa shape index (κ2) is 8.89. The summed E-state index contributed by atoms with van der Waals surface area (Å²) in [5.41, 5.74) is 1.21. The number of thiazole rings is 1. The quantitative estimate of drug-likeness (QED) is 0.570. The summed E-state index contributed by atoms with van der Waals surface area (Å²) in [4.78, 5) is 17.6. The predicted octanol–water partition coefficient (Wildman–Crippen LogP) is 4.80. The molecule has 5 nitrogen and oxygen atoms in total. The summed E-state index contributed by atoms with van der Waals surface area (Å²) in [5, 5.41) is 0.741. The number of amides is 1. The number of benzene rings is 2. The van der Waals surface area contributed by atoms with Crippen LogP contribution in [-0.4, -0.2) is 30.8 Å². The Morgan fingerprint density at radius 3 is 2.78 bits per heavy atom. The van der Waals surface area contributed by atoms with E-state index in [1.54, 1.807) is 19.2 Å². The second-order valence-electron chi connectivity index (χ2n) is 5.61. The Kier molecular flexibility index (Phi) is 6.55. The predicted molar refractivity (Wildman–Crippen MR) is 109 cm³/mol. The number of methoxy groups -OCH3 is 1. The first kappa shape index (κ1) is 19.9. The van der Waals surface area contributed by atoms with E-state index in [1.165, 1.54) is 17.4 Å². The van der Waals surface area contributed by atoms with Crippen LogP contribution in [0.3, 0.4) is 0 Å². The Balaban J connectivity index is 2.15. The minimum atomic E-state index is -0.424. The third-order valence-corrected chi connectivity index (χ3v) is 5.43. The first-order valence-electron chi connectivity index (χ1n) is 8.33. The molecule has 2 aromatic carbocycles. The number of halogens is 2. The number of para-hydroxylation sites is 1. The molecule has 0 spiro atoms. The molecule has 3 aromatic rings. The molecule has 0 unspecified atom stereocenters. The molecule has 0 aliphatic rings. The van der Waals surface area contributed by atoms with Gasteiger partial charge in [-0.3, -0.25) is 4.79 Å². The minimum absolute atomic E-state index is 0.274. The Labute approximate surface area is 170 Å². The van der Waals surface area contributed by atoms with Crippen molar-refractivity contribution >= 4 is 50.7 Å². The van der Waals surface area contributed by atoms with Gasteiger partial charge in [0.05, 0.1) is 28.5 Å². The van der Waals surface area contributed by atoms with E-state index in [1.807, 2.05) is 29.7 Å². The van der Waals surface area contributed by atoms with Gasteiger partial charge in [0.1, 0.15) is 11.3 Å². The van der Waals surface area contributed by atoms with Gasteiger partial charge < -0.3 is 14.0 Å². The van der Waals surface area contributed by atoms with E-state index in [0.717, 1.165) is 16.0 Å². The van der Waals surface area contributed by atoms with Crippen molar-refractivity contribution in [2.75, 3.05) is 20.3 Å². The molecular formula is C19H18Cl2N2O3S. The Hall–Kier alpha value is -1.86. The summed E-state index contributed by atoms with van der Waals surface area (Å²) in [6.07, 6.45) is 0. The van der Waals surface area contributed by atoms with Crippen LogP contribution in [-0.2, 0) is 11.3 Å². The lowest BCUT2D eigenvalue weighted by atomic mass is 10.2. The molecule has 1 amide bonds. The van der Waals surface area contributed by atoms with Crippen LogP contribution in [0.15, 0.2) is 41.4 Å². The lowest BCUT2D eigenvalue weighted by Gasteiger charge is -2.09. The number of ether oxygens (including phenoxy) is 2. The summed E-state index contributed by atoms with van der Waals surface area (Å²) >= 11 is 13.5. The zero-order valence-electron chi connectivity index (χ0n) is 14.9. The number of rotatable bonds is 6. The molecular weight excluding hydrogens is 407 g/mol. The highest BCUT2D eigenvalue weighted by molar-refractivity contribution is 7.16. The smallest absolute Gasteiger partial charge is 0.281 e. The fraction of sp³-hybridized carbons (Fsp3) is 0.263. The number of carbonyl (C=O) groups excluding carboxylic acids is 1. The zero-order valence-corrected chi connectivity index (χ0v) is 17.2. The fourth-order valence-electron chi connectivity index (χ4n) is 2.65. The number of fused-ring (bicyclic) bond motifs is 1. The average Bonchev–Trinajstić information content (AvgIpc) is 2.98. The molecule has 0 N–H and O–H groups in total. The van der Waals surface area contributed by atoms with Gasteiger partial charge in [0.2, 0.25) is 0 Å². The third kappa shape index (κ3) is 4.35. The van der Waals surface area contributed by atoms with E-state index in [4.69, 9.17) is 32.7 Å². The Morgan fingerprint density at radius 1 is 1.26 bits per heavy atom. The molecule has 27 heavy (non-hydrogen) atoms. The van der Waals surface area contributed by atoms with E-state index in [-0.39, 0.29) is 5.02 Å². The topological polar surface area (TPSA) is 52.8 Å². The highest BCUT2D eigenvalue weighted by atomic mass is 35.5. The third-order valence-electron chi connectivity index (χ3n) is 3.84. The van der Waals surface area contributed by atoms with Gasteiger partial charge in [-0.2, -0.15) is 4.99 Å². The summed E-state index contributed by atoms with van der Waals surface area (Å²) < 4.78 is 13.9. The zero-order chi connectivity index (χ0) is 19.4. The number of nitrogens with zero attached hydrogens (tertiary/aromatic N) is 2. The van der Waals surface area contributed by atoms with Crippen molar-refractivity contribution in [2.24, 2.45) is 4.99 Å². The van der Waals surface area contributed by atoms with Crippen molar-refractivity contribution in [3.05, 3.63) is 56.8 Å². The number of hydrogen-bond acceptors (Lipinski definition) is 4. The molecule has 1 aromatic heterocycles. The van der Waals surface area contributed by atoms with Crippen LogP contribution in [0, 0.1) is 0 Å². The SMILES string of the molecule is CCOc1cccc2sc(=NC(=O)c3ccc(Cl)cc3Cl)n(CCOC)c12. The lowest BCUT2D eigenvalue weighted by Crippen LogP contribution is -2.19. The van der Waals surface area contributed by atoms with Crippen LogP contribution in [0.5, 0.6) is 5.75 Å². The van der Waals surface area contributed by atoms with Gasteiger partial charge >= 0.3 is 0 Å². The van der Waals surface area contributed by atoms with Crippen molar-refractivity contribution in [1.82, 2.24) is 4.57 Å². The van der Waals surface area contributed by atoms with Crippen molar-refractivity contribution in [3.63, 3.8) is 0 Å². The largest absolute Gasteiger partial charge is 0.492 e. The van der Waals surface area contributed by atoms with E-state index >= 15 is 0 Å². The maximum atomic E-state index is 12.7. The second-order valence-corrected chi connectivity index (χ2v) is 7.46. The van der Waals surface area contributed by atoms with Gasteiger partial charge in [-0.25, -0.2) is 0 Å². The summed E-state index contributed by atoms with van der Waals surface area (Å²) in [7, 11) is 1.63. The van der Waals surface area contributed by atoms with E-state index in [2.05, 4.69) is 4.99 Å². The Morgan fingerprint density at radius 2 is 2.07 bits per heavy atom. The molecule has 142 valence electrons. The Bertz CT molecular complexity index is 1040. The number of carbonyl (C=O) groups is 1. The monoisotopic (exact) mass is 424 g/mol. The standard InChI is InChI=1S/C19H18Cl2N2O3S/c1-3-26-15-5-4-6-16-17(15)23(9-10-25-2)19(27-16)22-18(24)13-8-7-12(20)11-14(13)21/h4-8,11H,3,9-10H2,1-2H3. The molecule has 0 atom stereocenters. The molecule has 0 aliphatic heterocycles. The van der Waals surface area contributed by atoms with Crippen LogP contribution < -0.4 is 9.54 Å². The lowest BCUT2D eigenvalue weighted by molar-refractivity contribution is 0.0997. The van der Waals surface area contributed by atoms with Gasteiger partial charge in [0.25, 0.3) is 5.91 Å². The summed E-state index contributed by atoms with van der Waals surface area (Å²) in [6.45, 7) is 3.50. The van der Waals surface area contributed by atoms with Gasteiger partial charge in [-0.1, -0.05) is 40.6 Å². The molecule has 0 saturated carbocycles. The van der Waals surface area contributed by atoms with E-state index in [0.29, 0.717) is 35.1 Å². The molecule has 0 fully saturated rings. The van der Waals surface area contributed by atoms with Gasteiger partial charge in [0.15, 0.2) is 4.80 Å². The maximum absolute atomic E-state index is 12.7. The fourth-order valence-corrected chi connectivity index (χ4v) is 4.22. The summed E-state index contributed by atoms with van der Waals surface area (Å²) in [5.74, 6) is 0.327. The van der Waals surface area contributed by atoms with E-state index in [9.17, 15) is 4.79 Å². The van der Waals surface area contributed by atoms with Crippen LogP contribution >= 0.6 is 34.5 Å². The van der Waals surface area contributed by atoms with Gasteiger partial charge in [-0.05, 0) is 37.3 Å². The van der Waals surface area contributed by atoms with Crippen LogP contribution in [0.2, 0.25) is 10.0 Å². The maximum Gasteiger partial charge on any atom is 0.281 e. The number of aromatic nitrogens is 1. The normalized spacial score (nSPS) is 11.9. The molecule has 0 bridgehead atoms. The van der Waals surface area contributed by atoms with Crippen LogP contribution in [0.25, 0.3) is 10.2 Å². The molecule has 0 aliphatic carbocycles. The summed E-state index contributed by atoms with van der Waals surface area (Å²) in [6, 6.07) is 10.5. The van der Waals surface area contributed by atoms with Crippen LogP contribution in [0.4, 0.5) is 0 Å². The van der Waals surface area contributed by atoms with Crippen molar-refractivity contribution in [1.29, 1.82) is 0 Å². The number of hydrogen-bond donors (Lipinski definition) is 0. The molecule has 0 radical (unpaired) electrons. The molecule has 0 saturated heterocycles. The highest BCUT2D eigenvalue weighted by Gasteiger charge is 2.14.